The van der Waals surface area contributed by atoms with Crippen molar-refractivity contribution in [1.29, 1.82) is 0 Å². The Morgan fingerprint density at radius 2 is 2.23 bits per heavy atom. The van der Waals surface area contributed by atoms with Gasteiger partial charge in [-0.3, -0.25) is 0 Å². The molecule has 7 nitrogen and oxygen atoms in total. The van der Waals surface area contributed by atoms with Gasteiger partial charge in [0.05, 0.1) is 30.0 Å². The minimum Gasteiger partial charge on any atom is -0.461 e. The Morgan fingerprint density at radius 3 is 3.08 bits per heavy atom. The molecule has 1 fully saturated rings. The van der Waals surface area contributed by atoms with E-state index in [0.717, 1.165) is 35.7 Å². The van der Waals surface area contributed by atoms with Gasteiger partial charge in [-0.1, -0.05) is 10.4 Å². The van der Waals surface area contributed by atoms with E-state index >= 15 is 0 Å². The van der Waals surface area contributed by atoms with Crippen molar-refractivity contribution in [2.45, 2.75) is 25.5 Å². The summed E-state index contributed by atoms with van der Waals surface area (Å²) in [4.78, 5) is 2.35. The molecule has 0 aromatic carbocycles. The highest BCUT2D eigenvalue weighted by molar-refractivity contribution is 7.15. The highest BCUT2D eigenvalue weighted by Gasteiger charge is 2.20. The summed E-state index contributed by atoms with van der Waals surface area (Å²) in [5, 5.41) is 12.6. The van der Waals surface area contributed by atoms with E-state index in [9.17, 15) is 0 Å². The van der Waals surface area contributed by atoms with Crippen molar-refractivity contribution < 1.29 is 13.7 Å². The average molecular weight is 368 g/mol. The number of thiophene rings is 1. The molecule has 26 heavy (non-hydrogen) atoms. The maximum absolute atomic E-state index is 5.75. The predicted octanol–water partition coefficient (Wildman–Crippen LogP) is 4.15. The summed E-state index contributed by atoms with van der Waals surface area (Å²) in [6, 6.07) is 9.71. The number of hydrogen-bond donors (Lipinski definition) is 0. The molecule has 8 heteroatoms. The lowest BCUT2D eigenvalue weighted by Gasteiger charge is -2.04. The quantitative estimate of drug-likeness (QED) is 0.526. The molecule has 1 aliphatic rings. The van der Waals surface area contributed by atoms with Crippen molar-refractivity contribution in [3.63, 3.8) is 0 Å². The van der Waals surface area contributed by atoms with Crippen molar-refractivity contribution in [2.24, 2.45) is 0 Å². The summed E-state index contributed by atoms with van der Waals surface area (Å²) in [5.41, 5.74) is 1.62. The van der Waals surface area contributed by atoms with Crippen LogP contribution in [0.1, 0.15) is 29.5 Å². The molecule has 5 heterocycles. The minimum absolute atomic E-state index is 0.235. The van der Waals surface area contributed by atoms with E-state index in [4.69, 9.17) is 13.7 Å². The highest BCUT2D eigenvalue weighted by atomic mass is 32.1. The number of aromatic nitrogens is 4. The Balaban J connectivity index is 1.31. The summed E-state index contributed by atoms with van der Waals surface area (Å²) in [5.74, 6) is 1.26. The van der Waals surface area contributed by atoms with Crippen molar-refractivity contribution in [3.8, 4) is 22.1 Å². The Hall–Kier alpha value is -2.71. The predicted molar refractivity (Wildman–Crippen MR) is 94.6 cm³/mol. The fourth-order valence-electron chi connectivity index (χ4n) is 3.04. The third-order valence-corrected chi connectivity index (χ3v) is 5.51. The molecule has 1 aliphatic heterocycles. The number of hydrogen-bond acceptors (Lipinski definition) is 7. The molecule has 5 rings (SSSR count). The smallest absolute Gasteiger partial charge is 0.202 e. The van der Waals surface area contributed by atoms with E-state index in [0.29, 0.717) is 18.1 Å². The zero-order chi connectivity index (χ0) is 17.3. The third-order valence-electron chi connectivity index (χ3n) is 4.31. The molecule has 1 atom stereocenters. The molecule has 1 saturated heterocycles. The molecule has 0 aliphatic carbocycles. The lowest BCUT2D eigenvalue weighted by molar-refractivity contribution is 0.114. The second kappa shape index (κ2) is 6.54. The standard InChI is InChI=1S/C18H16N4O3S/c1-3-14(23-7-1)16-9-12(20-25-16)10-22-11-13(19-21-22)17-5-6-18(26-17)15-4-2-8-24-15/h1,3,5-7,9,11,15H,2,4,8,10H2. The second-order valence-corrected chi connectivity index (χ2v) is 7.28. The topological polar surface area (TPSA) is 79.1 Å². The van der Waals surface area contributed by atoms with E-state index in [-0.39, 0.29) is 6.10 Å². The van der Waals surface area contributed by atoms with Crippen LogP contribution in [-0.2, 0) is 11.3 Å². The molecule has 4 aromatic rings. The van der Waals surface area contributed by atoms with Gasteiger partial charge in [-0.25, -0.2) is 4.68 Å². The van der Waals surface area contributed by atoms with Crippen LogP contribution in [0.2, 0.25) is 0 Å². The second-order valence-electron chi connectivity index (χ2n) is 6.16. The summed E-state index contributed by atoms with van der Waals surface area (Å²) >= 11 is 1.72. The fourth-order valence-corrected chi connectivity index (χ4v) is 4.08. The highest BCUT2D eigenvalue weighted by Crippen LogP contribution is 2.36. The average Bonchev–Trinajstić information content (AvgIpc) is 3.46. The van der Waals surface area contributed by atoms with Gasteiger partial charge in [-0.2, -0.15) is 0 Å². The Morgan fingerprint density at radius 1 is 1.23 bits per heavy atom. The van der Waals surface area contributed by atoms with Crippen LogP contribution in [0.15, 0.2) is 51.7 Å². The van der Waals surface area contributed by atoms with Crippen molar-refractivity contribution in [3.05, 3.63) is 53.4 Å². The molecule has 0 amide bonds. The first-order valence-corrected chi connectivity index (χ1v) is 9.28. The maximum atomic E-state index is 5.75. The van der Waals surface area contributed by atoms with Crippen molar-refractivity contribution >= 4 is 11.3 Å². The van der Waals surface area contributed by atoms with Gasteiger partial charge in [-0.15, -0.1) is 16.4 Å². The first-order valence-electron chi connectivity index (χ1n) is 8.46. The lowest BCUT2D eigenvalue weighted by atomic mass is 10.2. The fraction of sp³-hybridized carbons (Fsp3) is 0.278. The molecular formula is C18H16N4O3S. The molecule has 0 bridgehead atoms. The van der Waals surface area contributed by atoms with E-state index in [1.165, 1.54) is 4.88 Å². The van der Waals surface area contributed by atoms with Gasteiger partial charge < -0.3 is 13.7 Å². The molecule has 0 radical (unpaired) electrons. The van der Waals surface area contributed by atoms with E-state index < -0.39 is 0 Å². The van der Waals surface area contributed by atoms with Crippen LogP contribution in [0.25, 0.3) is 22.1 Å². The van der Waals surface area contributed by atoms with E-state index in [1.807, 2.05) is 24.4 Å². The zero-order valence-corrected chi connectivity index (χ0v) is 14.7. The van der Waals surface area contributed by atoms with Crippen LogP contribution in [0, 0.1) is 0 Å². The number of furan rings is 1. The van der Waals surface area contributed by atoms with Crippen LogP contribution in [0.5, 0.6) is 0 Å². The monoisotopic (exact) mass is 368 g/mol. The first-order chi connectivity index (χ1) is 12.8. The van der Waals surface area contributed by atoms with Gasteiger partial charge in [0.25, 0.3) is 0 Å². The van der Waals surface area contributed by atoms with Crippen LogP contribution in [0.3, 0.4) is 0 Å². The lowest BCUT2D eigenvalue weighted by Crippen LogP contribution is -2.00. The normalized spacial score (nSPS) is 17.2. The maximum Gasteiger partial charge on any atom is 0.202 e. The summed E-state index contributed by atoms with van der Waals surface area (Å²) in [6.45, 7) is 1.34. The molecule has 0 spiro atoms. The summed E-state index contributed by atoms with van der Waals surface area (Å²) in [6.07, 6.45) is 5.99. The van der Waals surface area contributed by atoms with Gasteiger partial charge >= 0.3 is 0 Å². The Kier molecular flexibility index (Phi) is 3.91. The van der Waals surface area contributed by atoms with Gasteiger partial charge in [-0.05, 0) is 37.1 Å². The Labute approximate surface area is 153 Å². The van der Waals surface area contributed by atoms with E-state index in [2.05, 4.69) is 27.6 Å². The number of nitrogens with zero attached hydrogens (tertiary/aromatic N) is 4. The SMILES string of the molecule is c1coc(-c2cc(Cn3cc(-c4ccc(C5CCCO5)s4)nn3)no2)c1. The summed E-state index contributed by atoms with van der Waals surface area (Å²) < 4.78 is 18.1. The van der Waals surface area contributed by atoms with Gasteiger partial charge in [0.15, 0.2) is 5.76 Å². The molecule has 1 unspecified atom stereocenters. The van der Waals surface area contributed by atoms with Gasteiger partial charge in [0.2, 0.25) is 5.76 Å². The minimum atomic E-state index is 0.235. The van der Waals surface area contributed by atoms with Crippen LogP contribution in [0.4, 0.5) is 0 Å². The van der Waals surface area contributed by atoms with Gasteiger partial charge in [0.1, 0.15) is 11.4 Å². The first kappa shape index (κ1) is 15.5. The molecule has 132 valence electrons. The van der Waals surface area contributed by atoms with Crippen molar-refractivity contribution in [1.82, 2.24) is 20.2 Å². The number of ether oxygens (including phenoxy) is 1. The Bertz CT molecular complexity index is 995. The molecule has 0 saturated carbocycles. The summed E-state index contributed by atoms with van der Waals surface area (Å²) in [7, 11) is 0. The van der Waals surface area contributed by atoms with Crippen LogP contribution in [-0.4, -0.2) is 26.8 Å². The molecule has 4 aromatic heterocycles. The van der Waals surface area contributed by atoms with Crippen molar-refractivity contribution in [2.75, 3.05) is 6.61 Å². The molecule has 0 N–H and O–H groups in total. The van der Waals surface area contributed by atoms with Crippen LogP contribution >= 0.6 is 11.3 Å². The van der Waals surface area contributed by atoms with Gasteiger partial charge in [0, 0.05) is 17.6 Å². The zero-order valence-electron chi connectivity index (χ0n) is 13.9. The molecular weight excluding hydrogens is 352 g/mol. The number of rotatable bonds is 5. The third kappa shape index (κ3) is 2.97. The van der Waals surface area contributed by atoms with Crippen LogP contribution < -0.4 is 0 Å². The van der Waals surface area contributed by atoms with E-state index in [1.54, 1.807) is 22.3 Å². The largest absolute Gasteiger partial charge is 0.461 e.